The van der Waals surface area contributed by atoms with Gasteiger partial charge in [0.25, 0.3) is 0 Å². The highest BCUT2D eigenvalue weighted by atomic mass is 19.1. The number of nitrogens with zero attached hydrogens (tertiary/aromatic N) is 1. The normalized spacial score (nSPS) is 12.3. The van der Waals surface area contributed by atoms with Crippen molar-refractivity contribution in [2.75, 3.05) is 0 Å². The second-order valence-corrected chi connectivity index (χ2v) is 6.84. The zero-order valence-electron chi connectivity index (χ0n) is 15.8. The van der Waals surface area contributed by atoms with E-state index in [-0.39, 0.29) is 23.9 Å². The van der Waals surface area contributed by atoms with Crippen molar-refractivity contribution in [1.29, 1.82) is 0 Å². The van der Waals surface area contributed by atoms with Crippen LogP contribution in [0.4, 0.5) is 13.2 Å². The molecular formula is C23H19F3N2O. The fourth-order valence-corrected chi connectivity index (χ4v) is 3.36. The lowest BCUT2D eigenvalue weighted by molar-refractivity contribution is 0.299. The third kappa shape index (κ3) is 4.11. The smallest absolute Gasteiger partial charge is 0.130 e. The second-order valence-electron chi connectivity index (χ2n) is 6.84. The van der Waals surface area contributed by atoms with Crippen molar-refractivity contribution < 1.29 is 17.9 Å². The summed E-state index contributed by atoms with van der Waals surface area (Å²) in [6, 6.07) is 15.2. The van der Waals surface area contributed by atoms with Crippen molar-refractivity contribution in [2.45, 2.75) is 25.9 Å². The monoisotopic (exact) mass is 396 g/mol. The van der Waals surface area contributed by atoms with Gasteiger partial charge in [0.2, 0.25) is 0 Å². The number of aromatic amines is 1. The fourth-order valence-electron chi connectivity index (χ4n) is 3.36. The Morgan fingerprint density at radius 3 is 2.41 bits per heavy atom. The molecule has 1 atom stereocenters. The summed E-state index contributed by atoms with van der Waals surface area (Å²) in [6.45, 7) is 1.99. The van der Waals surface area contributed by atoms with Gasteiger partial charge in [0.15, 0.2) is 0 Å². The lowest BCUT2D eigenvalue weighted by Gasteiger charge is -2.14. The largest absolute Gasteiger partial charge is 0.489 e. The number of aromatic nitrogens is 2. The van der Waals surface area contributed by atoms with Gasteiger partial charge in [-0.05, 0) is 60.5 Å². The Bertz CT molecular complexity index is 1140. The summed E-state index contributed by atoms with van der Waals surface area (Å²) in [5.74, 6) is 0.0203. The van der Waals surface area contributed by atoms with Gasteiger partial charge in [-0.1, -0.05) is 19.1 Å². The molecule has 6 heteroatoms. The van der Waals surface area contributed by atoms with Gasteiger partial charge in [0, 0.05) is 11.5 Å². The molecule has 29 heavy (non-hydrogen) atoms. The predicted molar refractivity (Wildman–Crippen MR) is 105 cm³/mol. The minimum Gasteiger partial charge on any atom is -0.489 e. The van der Waals surface area contributed by atoms with Crippen LogP contribution in [0.25, 0.3) is 11.0 Å². The minimum atomic E-state index is -0.504. The number of H-pyrrole nitrogens is 1. The van der Waals surface area contributed by atoms with Crippen LogP contribution < -0.4 is 4.74 Å². The highest BCUT2D eigenvalue weighted by Gasteiger charge is 2.17. The molecule has 0 saturated carbocycles. The van der Waals surface area contributed by atoms with E-state index in [9.17, 15) is 13.2 Å². The van der Waals surface area contributed by atoms with E-state index in [1.165, 1.54) is 12.1 Å². The summed E-state index contributed by atoms with van der Waals surface area (Å²) in [7, 11) is 0. The van der Waals surface area contributed by atoms with Crippen molar-refractivity contribution in [3.05, 3.63) is 95.1 Å². The maximum Gasteiger partial charge on any atom is 0.130 e. The van der Waals surface area contributed by atoms with E-state index in [0.717, 1.165) is 41.5 Å². The minimum absolute atomic E-state index is 0.0141. The highest BCUT2D eigenvalue weighted by Crippen LogP contribution is 2.29. The Balaban J connectivity index is 1.51. The van der Waals surface area contributed by atoms with Gasteiger partial charge < -0.3 is 9.72 Å². The maximum absolute atomic E-state index is 13.7. The summed E-state index contributed by atoms with van der Waals surface area (Å²) in [6.07, 6.45) is 0.803. The summed E-state index contributed by atoms with van der Waals surface area (Å²) in [5.41, 5.74) is 2.57. The number of ether oxygens (including phenoxy) is 1. The van der Waals surface area contributed by atoms with Crippen LogP contribution in [0.15, 0.2) is 60.7 Å². The van der Waals surface area contributed by atoms with E-state index >= 15 is 0 Å². The number of hydrogen-bond acceptors (Lipinski definition) is 2. The summed E-state index contributed by atoms with van der Waals surface area (Å²) < 4.78 is 46.0. The predicted octanol–water partition coefficient (Wildman–Crippen LogP) is 6.10. The van der Waals surface area contributed by atoms with Gasteiger partial charge in [0.1, 0.15) is 35.6 Å². The number of hydrogen-bond donors (Lipinski definition) is 1. The van der Waals surface area contributed by atoms with Gasteiger partial charge in [0.05, 0.1) is 11.0 Å². The van der Waals surface area contributed by atoms with Crippen LogP contribution in [0.3, 0.4) is 0 Å². The average molecular weight is 396 g/mol. The molecule has 4 rings (SSSR count). The topological polar surface area (TPSA) is 37.9 Å². The first-order valence-electron chi connectivity index (χ1n) is 9.35. The van der Waals surface area contributed by atoms with Crippen molar-refractivity contribution >= 4 is 11.0 Å². The third-order valence-electron chi connectivity index (χ3n) is 4.89. The first-order valence-corrected chi connectivity index (χ1v) is 9.35. The zero-order chi connectivity index (χ0) is 20.4. The van der Waals surface area contributed by atoms with E-state index in [2.05, 4.69) is 16.9 Å². The molecule has 0 spiro atoms. The van der Waals surface area contributed by atoms with Crippen molar-refractivity contribution in [3.63, 3.8) is 0 Å². The molecule has 3 aromatic carbocycles. The molecule has 148 valence electrons. The van der Waals surface area contributed by atoms with Crippen molar-refractivity contribution in [2.24, 2.45) is 0 Å². The Morgan fingerprint density at radius 1 is 0.931 bits per heavy atom. The maximum atomic E-state index is 13.7. The molecule has 1 unspecified atom stereocenters. The quantitative estimate of drug-likeness (QED) is 0.428. The lowest BCUT2D eigenvalue weighted by atomic mass is 9.96. The Morgan fingerprint density at radius 2 is 1.66 bits per heavy atom. The molecule has 1 heterocycles. The van der Waals surface area contributed by atoms with Crippen LogP contribution in [0, 0.1) is 17.5 Å². The third-order valence-corrected chi connectivity index (χ3v) is 4.89. The number of halogens is 3. The van der Waals surface area contributed by atoms with E-state index in [1.807, 2.05) is 12.1 Å². The van der Waals surface area contributed by atoms with Crippen LogP contribution in [-0.4, -0.2) is 9.97 Å². The van der Waals surface area contributed by atoms with Crippen molar-refractivity contribution in [3.8, 4) is 5.75 Å². The van der Waals surface area contributed by atoms with Crippen LogP contribution in [0.2, 0.25) is 0 Å². The summed E-state index contributed by atoms with van der Waals surface area (Å²) >= 11 is 0. The van der Waals surface area contributed by atoms with Crippen LogP contribution in [0.5, 0.6) is 5.75 Å². The van der Waals surface area contributed by atoms with E-state index in [1.54, 1.807) is 18.2 Å². The zero-order valence-corrected chi connectivity index (χ0v) is 15.8. The van der Waals surface area contributed by atoms with Crippen molar-refractivity contribution in [1.82, 2.24) is 9.97 Å². The molecule has 0 aliphatic carbocycles. The molecule has 0 fully saturated rings. The first-order chi connectivity index (χ1) is 14.0. The molecule has 1 N–H and O–H groups in total. The number of nitrogens with one attached hydrogen (secondary N) is 1. The fraction of sp³-hybridized carbons (Fsp3) is 0.174. The summed E-state index contributed by atoms with van der Waals surface area (Å²) in [5, 5.41) is 0. The molecule has 0 saturated heterocycles. The Kier molecular flexibility index (Phi) is 5.25. The molecule has 0 aliphatic heterocycles. The number of fused-ring (bicyclic) bond motifs is 1. The Hall–Kier alpha value is -3.28. The molecular weight excluding hydrogens is 377 g/mol. The standard InChI is InChI=1S/C23H19F3N2O/c1-2-19(23-27-21-10-6-17(25)12-22(21)28-23)14-3-7-18(8-4-14)29-13-15-11-16(24)5-9-20(15)26/h3-12,19H,2,13H2,1H3,(H,27,28). The van der Waals surface area contributed by atoms with Gasteiger partial charge in [-0.2, -0.15) is 0 Å². The molecule has 0 radical (unpaired) electrons. The number of rotatable bonds is 6. The van der Waals surface area contributed by atoms with E-state index in [4.69, 9.17) is 4.74 Å². The lowest BCUT2D eigenvalue weighted by Crippen LogP contribution is -2.03. The van der Waals surface area contributed by atoms with Gasteiger partial charge in [-0.3, -0.25) is 0 Å². The molecule has 0 aliphatic rings. The second kappa shape index (κ2) is 7.99. The molecule has 3 nitrogen and oxygen atoms in total. The highest BCUT2D eigenvalue weighted by molar-refractivity contribution is 5.75. The summed E-state index contributed by atoms with van der Waals surface area (Å²) in [4.78, 5) is 7.79. The molecule has 1 aromatic heterocycles. The van der Waals surface area contributed by atoms with E-state index < -0.39 is 11.6 Å². The van der Waals surface area contributed by atoms with Crippen LogP contribution in [-0.2, 0) is 6.61 Å². The van der Waals surface area contributed by atoms with Crippen LogP contribution in [0.1, 0.15) is 36.2 Å². The van der Waals surface area contributed by atoms with E-state index in [0.29, 0.717) is 11.3 Å². The van der Waals surface area contributed by atoms with Gasteiger partial charge >= 0.3 is 0 Å². The average Bonchev–Trinajstić information content (AvgIpc) is 3.13. The Labute approximate surface area is 166 Å². The number of imidazole rings is 1. The van der Waals surface area contributed by atoms with Crippen LogP contribution >= 0.6 is 0 Å². The molecule has 0 bridgehead atoms. The molecule has 0 amide bonds. The first kappa shape index (κ1) is 19.1. The van der Waals surface area contributed by atoms with Gasteiger partial charge in [-0.15, -0.1) is 0 Å². The number of benzene rings is 3. The molecule has 4 aromatic rings. The van der Waals surface area contributed by atoms with Gasteiger partial charge in [-0.25, -0.2) is 18.2 Å². The SMILES string of the molecule is CCC(c1ccc(OCc2cc(F)ccc2F)cc1)c1nc2ccc(F)cc2[nH]1.